The highest BCUT2D eigenvalue weighted by Gasteiger charge is 2.20. The minimum atomic E-state index is -0.885. The molecule has 4 nitrogen and oxygen atoms in total. The smallest absolute Gasteiger partial charge is 0.338 e. The van der Waals surface area contributed by atoms with Gasteiger partial charge in [0.05, 0.1) is 5.56 Å². The lowest BCUT2D eigenvalue weighted by Gasteiger charge is -2.26. The largest absolute Gasteiger partial charge is 0.478 e. The van der Waals surface area contributed by atoms with Crippen LogP contribution in [-0.2, 0) is 4.74 Å². The fourth-order valence-corrected chi connectivity index (χ4v) is 2.80. The van der Waals surface area contributed by atoms with E-state index in [0.717, 1.165) is 17.1 Å². The van der Waals surface area contributed by atoms with Gasteiger partial charge < -0.3 is 15.2 Å². The van der Waals surface area contributed by atoms with E-state index in [-0.39, 0.29) is 5.41 Å². The Morgan fingerprint density at radius 3 is 2.71 bits per heavy atom. The molecule has 0 unspecified atom stereocenters. The normalized spacial score (nSPS) is 11.4. The van der Waals surface area contributed by atoms with Gasteiger partial charge in [-0.05, 0) is 29.7 Å². The maximum atomic E-state index is 11.5. The Labute approximate surface area is 131 Å². The molecule has 0 aliphatic heterocycles. The Hall–Kier alpha value is -1.20. The van der Waals surface area contributed by atoms with E-state index in [0.29, 0.717) is 24.4 Å². The van der Waals surface area contributed by atoms with E-state index in [1.807, 2.05) is 25.1 Å². The summed E-state index contributed by atoms with van der Waals surface area (Å²) in [7, 11) is 1.69. The average molecular weight is 311 g/mol. The summed E-state index contributed by atoms with van der Waals surface area (Å²) in [4.78, 5) is 12.4. The Bertz CT molecular complexity index is 475. The second kappa shape index (κ2) is 8.29. The molecule has 5 heteroatoms. The molecule has 0 amide bonds. The van der Waals surface area contributed by atoms with Crippen LogP contribution >= 0.6 is 11.8 Å². The van der Waals surface area contributed by atoms with Crippen LogP contribution in [-0.4, -0.2) is 37.1 Å². The highest BCUT2D eigenvalue weighted by Crippen LogP contribution is 2.30. The zero-order valence-electron chi connectivity index (χ0n) is 13.2. The van der Waals surface area contributed by atoms with Gasteiger partial charge in [0.1, 0.15) is 0 Å². The summed E-state index contributed by atoms with van der Waals surface area (Å²) < 4.78 is 5.12. The summed E-state index contributed by atoms with van der Waals surface area (Å²) in [6, 6.07) is 5.59. The lowest BCUT2D eigenvalue weighted by molar-refractivity contribution is 0.0694. The van der Waals surface area contributed by atoms with Gasteiger partial charge in [0.2, 0.25) is 0 Å². The summed E-state index contributed by atoms with van der Waals surface area (Å²) in [5.41, 5.74) is 1.10. The van der Waals surface area contributed by atoms with Crippen molar-refractivity contribution in [3.05, 3.63) is 23.8 Å². The van der Waals surface area contributed by atoms with E-state index in [1.54, 1.807) is 18.9 Å². The maximum absolute atomic E-state index is 11.5. The van der Waals surface area contributed by atoms with Crippen molar-refractivity contribution >= 4 is 23.4 Å². The van der Waals surface area contributed by atoms with Crippen molar-refractivity contribution in [1.82, 2.24) is 0 Å². The van der Waals surface area contributed by atoms with E-state index in [4.69, 9.17) is 4.74 Å². The molecule has 2 N–H and O–H groups in total. The number of nitrogens with one attached hydrogen (secondary N) is 1. The van der Waals surface area contributed by atoms with Crippen LogP contribution in [0.5, 0.6) is 0 Å². The molecule has 0 aliphatic rings. The SMILES string of the molecule is CCSc1cccc(NCC(C)(C)CCOC)c1C(=O)O. The number of carboxylic acids is 1. The molecule has 0 fully saturated rings. The average Bonchev–Trinajstić information content (AvgIpc) is 2.43. The first-order chi connectivity index (χ1) is 9.91. The molecular weight excluding hydrogens is 286 g/mol. The molecule has 118 valence electrons. The quantitative estimate of drug-likeness (QED) is 0.676. The van der Waals surface area contributed by atoms with Gasteiger partial charge in [-0.1, -0.05) is 26.8 Å². The molecule has 0 atom stereocenters. The fourth-order valence-electron chi connectivity index (χ4n) is 1.98. The lowest BCUT2D eigenvalue weighted by atomic mass is 9.89. The first-order valence-electron chi connectivity index (χ1n) is 7.13. The van der Waals surface area contributed by atoms with Gasteiger partial charge in [-0.25, -0.2) is 4.79 Å². The van der Waals surface area contributed by atoms with Crippen molar-refractivity contribution in [2.45, 2.75) is 32.1 Å². The first-order valence-corrected chi connectivity index (χ1v) is 8.11. The summed E-state index contributed by atoms with van der Waals surface area (Å²) in [6.45, 7) is 7.71. The van der Waals surface area contributed by atoms with E-state index in [2.05, 4.69) is 19.2 Å². The maximum Gasteiger partial charge on any atom is 0.338 e. The Morgan fingerprint density at radius 1 is 1.43 bits per heavy atom. The Morgan fingerprint density at radius 2 is 2.14 bits per heavy atom. The molecule has 21 heavy (non-hydrogen) atoms. The molecule has 0 saturated heterocycles. The predicted molar refractivity (Wildman–Crippen MR) is 88.6 cm³/mol. The number of anilines is 1. The van der Waals surface area contributed by atoms with Gasteiger partial charge in [-0.15, -0.1) is 11.8 Å². The molecule has 0 spiro atoms. The van der Waals surface area contributed by atoms with E-state index >= 15 is 0 Å². The summed E-state index contributed by atoms with van der Waals surface area (Å²) in [5, 5.41) is 12.8. The molecule has 0 aromatic heterocycles. The van der Waals surface area contributed by atoms with Crippen molar-refractivity contribution in [2.24, 2.45) is 5.41 Å². The van der Waals surface area contributed by atoms with Crippen LogP contribution in [0.25, 0.3) is 0 Å². The van der Waals surface area contributed by atoms with Crippen molar-refractivity contribution in [3.63, 3.8) is 0 Å². The van der Waals surface area contributed by atoms with E-state index in [9.17, 15) is 9.90 Å². The molecule has 1 rings (SSSR count). The van der Waals surface area contributed by atoms with E-state index < -0.39 is 5.97 Å². The third kappa shape index (κ3) is 5.59. The number of carboxylic acid groups (broad SMARTS) is 1. The van der Waals surface area contributed by atoms with Crippen molar-refractivity contribution in [2.75, 3.05) is 31.3 Å². The van der Waals surface area contributed by atoms with Gasteiger partial charge in [0.25, 0.3) is 0 Å². The van der Waals surface area contributed by atoms with Gasteiger partial charge in [0, 0.05) is 30.8 Å². The topological polar surface area (TPSA) is 58.6 Å². The number of benzene rings is 1. The highest BCUT2D eigenvalue weighted by molar-refractivity contribution is 7.99. The number of ether oxygens (including phenoxy) is 1. The first kappa shape index (κ1) is 17.9. The number of carbonyl (C=O) groups is 1. The Kier molecular flexibility index (Phi) is 7.05. The standard InChI is InChI=1S/C16H25NO3S/c1-5-21-13-8-6-7-12(14(13)15(18)19)17-11-16(2,3)9-10-20-4/h6-8,17H,5,9-11H2,1-4H3,(H,18,19). The third-order valence-corrected chi connectivity index (χ3v) is 4.22. The van der Waals surface area contributed by atoms with Crippen LogP contribution in [0.2, 0.25) is 0 Å². The number of rotatable bonds is 9. The number of aromatic carboxylic acids is 1. The number of methoxy groups -OCH3 is 1. The van der Waals surface area contributed by atoms with Crippen LogP contribution in [0.4, 0.5) is 5.69 Å². The third-order valence-electron chi connectivity index (χ3n) is 3.28. The van der Waals surface area contributed by atoms with Crippen LogP contribution in [0.15, 0.2) is 23.1 Å². The Balaban J connectivity index is 2.88. The summed E-state index contributed by atoms with van der Waals surface area (Å²) in [6.07, 6.45) is 0.919. The molecule has 0 radical (unpaired) electrons. The molecular formula is C16H25NO3S. The predicted octanol–water partition coefficient (Wildman–Crippen LogP) is 3.97. The van der Waals surface area contributed by atoms with Crippen molar-refractivity contribution in [3.8, 4) is 0 Å². The minimum Gasteiger partial charge on any atom is -0.478 e. The number of hydrogen-bond donors (Lipinski definition) is 2. The van der Waals surface area contributed by atoms with Crippen LogP contribution in [0, 0.1) is 5.41 Å². The number of hydrogen-bond acceptors (Lipinski definition) is 4. The molecule has 0 bridgehead atoms. The second-order valence-electron chi connectivity index (χ2n) is 5.68. The van der Waals surface area contributed by atoms with Crippen LogP contribution in [0.3, 0.4) is 0 Å². The van der Waals surface area contributed by atoms with Gasteiger partial charge in [-0.3, -0.25) is 0 Å². The highest BCUT2D eigenvalue weighted by atomic mass is 32.2. The molecule has 0 heterocycles. The number of thioether (sulfide) groups is 1. The van der Waals surface area contributed by atoms with Crippen molar-refractivity contribution < 1.29 is 14.6 Å². The monoisotopic (exact) mass is 311 g/mol. The zero-order chi connectivity index (χ0) is 15.9. The van der Waals surface area contributed by atoms with Gasteiger partial charge in [0.15, 0.2) is 0 Å². The summed E-state index contributed by atoms with van der Waals surface area (Å²) in [5.74, 6) is -0.0352. The van der Waals surface area contributed by atoms with E-state index in [1.165, 1.54) is 0 Å². The lowest BCUT2D eigenvalue weighted by Crippen LogP contribution is -2.25. The molecule has 1 aromatic rings. The van der Waals surface area contributed by atoms with Crippen LogP contribution < -0.4 is 5.32 Å². The van der Waals surface area contributed by atoms with Crippen molar-refractivity contribution in [1.29, 1.82) is 0 Å². The zero-order valence-corrected chi connectivity index (χ0v) is 14.0. The molecule has 0 saturated carbocycles. The minimum absolute atomic E-state index is 0.0414. The van der Waals surface area contributed by atoms with Gasteiger partial charge >= 0.3 is 5.97 Å². The second-order valence-corrected chi connectivity index (χ2v) is 6.98. The molecule has 0 aliphatic carbocycles. The summed E-state index contributed by atoms with van der Waals surface area (Å²) >= 11 is 1.55. The van der Waals surface area contributed by atoms with Gasteiger partial charge in [-0.2, -0.15) is 0 Å². The fraction of sp³-hybridized carbons (Fsp3) is 0.562. The van der Waals surface area contributed by atoms with Crippen LogP contribution in [0.1, 0.15) is 37.6 Å². The molecule has 1 aromatic carbocycles.